The summed E-state index contributed by atoms with van der Waals surface area (Å²) >= 11 is 0. The van der Waals surface area contributed by atoms with Crippen molar-refractivity contribution in [1.82, 2.24) is 9.80 Å². The SMILES string of the molecule is CC(C)(C)OC(=O)N1C[C@H]2CC(F)(F)CN2C[C@@]1(C)C(=O)O. The summed E-state index contributed by atoms with van der Waals surface area (Å²) in [5, 5.41) is 9.50. The normalized spacial score (nSPS) is 31.7. The van der Waals surface area contributed by atoms with Crippen LogP contribution in [0.3, 0.4) is 0 Å². The summed E-state index contributed by atoms with van der Waals surface area (Å²) < 4.78 is 32.4. The minimum absolute atomic E-state index is 0.0761. The van der Waals surface area contributed by atoms with E-state index >= 15 is 0 Å². The lowest BCUT2D eigenvalue weighted by Gasteiger charge is -2.47. The number of carbonyl (C=O) groups excluding carboxylic acids is 1. The van der Waals surface area contributed by atoms with Gasteiger partial charge in [-0.2, -0.15) is 0 Å². The minimum Gasteiger partial charge on any atom is -0.479 e. The molecule has 0 aromatic carbocycles. The molecule has 2 aliphatic rings. The highest BCUT2D eigenvalue weighted by atomic mass is 19.3. The average Bonchev–Trinajstić information content (AvgIpc) is 2.58. The first-order valence-electron chi connectivity index (χ1n) is 7.20. The number of rotatable bonds is 1. The Kier molecular flexibility index (Phi) is 3.88. The third kappa shape index (κ3) is 3.16. The molecule has 6 nitrogen and oxygen atoms in total. The standard InChI is InChI=1S/C14H22F2N2O4/c1-12(2,3)22-11(21)18-6-9-5-14(15,16)8-17(9)7-13(18,4)10(19)20/h9H,5-8H2,1-4H3,(H,19,20)/t9-,13+/m1/s1. The number of aliphatic carboxylic acids is 1. The van der Waals surface area contributed by atoms with Gasteiger partial charge < -0.3 is 9.84 Å². The van der Waals surface area contributed by atoms with Crippen LogP contribution in [0.5, 0.6) is 0 Å². The molecule has 0 unspecified atom stereocenters. The number of carboxylic acids is 1. The second-order valence-corrected chi connectivity index (χ2v) is 7.29. The first-order chi connectivity index (χ1) is 9.84. The van der Waals surface area contributed by atoms with Crippen molar-refractivity contribution in [2.45, 2.75) is 57.2 Å². The molecule has 2 fully saturated rings. The highest BCUT2D eigenvalue weighted by Gasteiger charge is 2.56. The molecule has 126 valence electrons. The Morgan fingerprint density at radius 3 is 2.36 bits per heavy atom. The predicted molar refractivity (Wildman–Crippen MR) is 73.9 cm³/mol. The second kappa shape index (κ2) is 5.04. The van der Waals surface area contributed by atoms with Crippen LogP contribution in [-0.2, 0) is 9.53 Å². The Balaban J connectivity index is 2.26. The molecule has 1 amide bonds. The van der Waals surface area contributed by atoms with E-state index < -0.39 is 41.7 Å². The molecular formula is C14H22F2N2O4. The molecule has 0 saturated carbocycles. The van der Waals surface area contributed by atoms with E-state index in [0.717, 1.165) is 4.90 Å². The van der Waals surface area contributed by atoms with Crippen molar-refractivity contribution in [3.05, 3.63) is 0 Å². The summed E-state index contributed by atoms with van der Waals surface area (Å²) in [6.07, 6.45) is -1.16. The van der Waals surface area contributed by atoms with Gasteiger partial charge in [0.25, 0.3) is 5.92 Å². The van der Waals surface area contributed by atoms with Crippen molar-refractivity contribution >= 4 is 12.1 Å². The lowest BCUT2D eigenvalue weighted by Crippen LogP contribution is -2.68. The van der Waals surface area contributed by atoms with Gasteiger partial charge in [0.15, 0.2) is 5.54 Å². The zero-order chi connectivity index (χ0) is 16.9. The van der Waals surface area contributed by atoms with Crippen LogP contribution in [0, 0.1) is 0 Å². The first kappa shape index (κ1) is 16.9. The van der Waals surface area contributed by atoms with Crippen molar-refractivity contribution < 1.29 is 28.2 Å². The van der Waals surface area contributed by atoms with Gasteiger partial charge >= 0.3 is 12.1 Å². The van der Waals surface area contributed by atoms with Crippen LogP contribution in [0.4, 0.5) is 13.6 Å². The van der Waals surface area contributed by atoms with E-state index in [9.17, 15) is 23.5 Å². The van der Waals surface area contributed by atoms with Crippen molar-refractivity contribution in [3.63, 3.8) is 0 Å². The number of ether oxygens (including phenoxy) is 1. The highest BCUT2D eigenvalue weighted by Crippen LogP contribution is 2.38. The number of amides is 1. The molecule has 0 spiro atoms. The average molecular weight is 320 g/mol. The molecule has 2 aliphatic heterocycles. The monoisotopic (exact) mass is 320 g/mol. The van der Waals surface area contributed by atoms with Crippen LogP contribution < -0.4 is 0 Å². The number of hydrogen-bond donors (Lipinski definition) is 1. The fourth-order valence-electron chi connectivity index (χ4n) is 3.00. The maximum Gasteiger partial charge on any atom is 0.411 e. The van der Waals surface area contributed by atoms with Gasteiger partial charge in [0, 0.05) is 25.6 Å². The highest BCUT2D eigenvalue weighted by molar-refractivity contribution is 5.84. The van der Waals surface area contributed by atoms with Gasteiger partial charge in [0.2, 0.25) is 0 Å². The number of piperazine rings is 1. The van der Waals surface area contributed by atoms with Gasteiger partial charge in [-0.15, -0.1) is 0 Å². The molecule has 0 radical (unpaired) electrons. The third-order valence-corrected chi connectivity index (χ3v) is 4.06. The molecule has 1 N–H and O–H groups in total. The van der Waals surface area contributed by atoms with Crippen LogP contribution in [-0.4, -0.2) is 69.7 Å². The van der Waals surface area contributed by atoms with Crippen molar-refractivity contribution in [2.75, 3.05) is 19.6 Å². The first-order valence-corrected chi connectivity index (χ1v) is 7.20. The van der Waals surface area contributed by atoms with Gasteiger partial charge in [-0.25, -0.2) is 18.4 Å². The zero-order valence-electron chi connectivity index (χ0n) is 13.2. The van der Waals surface area contributed by atoms with Gasteiger partial charge in [0.05, 0.1) is 6.54 Å². The van der Waals surface area contributed by atoms with Gasteiger partial charge in [-0.05, 0) is 27.7 Å². The molecule has 2 atom stereocenters. The lowest BCUT2D eigenvalue weighted by atomic mass is 9.94. The van der Waals surface area contributed by atoms with Gasteiger partial charge in [-0.3, -0.25) is 9.80 Å². The Hall–Kier alpha value is -1.44. The van der Waals surface area contributed by atoms with Crippen LogP contribution >= 0.6 is 0 Å². The molecule has 2 saturated heterocycles. The second-order valence-electron chi connectivity index (χ2n) is 7.29. The maximum atomic E-state index is 13.6. The molecule has 0 aliphatic carbocycles. The third-order valence-electron chi connectivity index (χ3n) is 4.06. The predicted octanol–water partition coefficient (Wildman–Crippen LogP) is 1.79. The quantitative estimate of drug-likeness (QED) is 0.797. The van der Waals surface area contributed by atoms with Gasteiger partial charge in [-0.1, -0.05) is 0 Å². The molecule has 0 aromatic heterocycles. The van der Waals surface area contributed by atoms with E-state index in [4.69, 9.17) is 4.74 Å². The molecule has 0 bridgehead atoms. The molecule has 0 aromatic rings. The molecule has 2 heterocycles. The summed E-state index contributed by atoms with van der Waals surface area (Å²) in [4.78, 5) is 26.5. The summed E-state index contributed by atoms with van der Waals surface area (Å²) in [5.41, 5.74) is -2.37. The minimum atomic E-state index is -2.85. The summed E-state index contributed by atoms with van der Waals surface area (Å²) in [5.74, 6) is -4.08. The Morgan fingerprint density at radius 1 is 1.27 bits per heavy atom. The van der Waals surface area contributed by atoms with Crippen molar-refractivity contribution in [3.8, 4) is 0 Å². The van der Waals surface area contributed by atoms with E-state index in [-0.39, 0.29) is 19.5 Å². The van der Waals surface area contributed by atoms with E-state index in [2.05, 4.69) is 0 Å². The number of carbonyl (C=O) groups is 2. The Morgan fingerprint density at radius 2 is 1.86 bits per heavy atom. The fraction of sp³-hybridized carbons (Fsp3) is 0.857. The number of alkyl halides is 2. The van der Waals surface area contributed by atoms with Crippen LogP contribution in [0.15, 0.2) is 0 Å². The summed E-state index contributed by atoms with van der Waals surface area (Å²) in [7, 11) is 0. The van der Waals surface area contributed by atoms with E-state index in [1.165, 1.54) is 11.8 Å². The van der Waals surface area contributed by atoms with Crippen LogP contribution in [0.1, 0.15) is 34.1 Å². The molecule has 22 heavy (non-hydrogen) atoms. The van der Waals surface area contributed by atoms with Gasteiger partial charge in [0.1, 0.15) is 5.60 Å². The van der Waals surface area contributed by atoms with E-state index in [0.29, 0.717) is 0 Å². The van der Waals surface area contributed by atoms with Crippen molar-refractivity contribution in [2.24, 2.45) is 0 Å². The van der Waals surface area contributed by atoms with E-state index in [1.54, 1.807) is 20.8 Å². The Labute approximate surface area is 128 Å². The molecule has 8 heteroatoms. The number of hydrogen-bond acceptors (Lipinski definition) is 4. The smallest absolute Gasteiger partial charge is 0.411 e. The van der Waals surface area contributed by atoms with Crippen LogP contribution in [0.25, 0.3) is 0 Å². The summed E-state index contributed by atoms with van der Waals surface area (Å²) in [6.45, 7) is 5.69. The lowest BCUT2D eigenvalue weighted by molar-refractivity contribution is -0.155. The number of halogens is 2. The number of carboxylic acid groups (broad SMARTS) is 1. The largest absolute Gasteiger partial charge is 0.479 e. The maximum absolute atomic E-state index is 13.6. The fourth-order valence-corrected chi connectivity index (χ4v) is 3.00. The van der Waals surface area contributed by atoms with Crippen LogP contribution in [0.2, 0.25) is 0 Å². The Bertz CT molecular complexity index is 492. The van der Waals surface area contributed by atoms with E-state index in [1.807, 2.05) is 0 Å². The number of fused-ring (bicyclic) bond motifs is 1. The topological polar surface area (TPSA) is 70.1 Å². The number of nitrogens with zero attached hydrogens (tertiary/aromatic N) is 2. The molecule has 2 rings (SSSR count). The van der Waals surface area contributed by atoms with Crippen molar-refractivity contribution in [1.29, 1.82) is 0 Å². The molecular weight excluding hydrogens is 298 g/mol. The zero-order valence-corrected chi connectivity index (χ0v) is 13.2. The summed E-state index contributed by atoms with van der Waals surface area (Å²) in [6, 6.07) is -0.546.